The summed E-state index contributed by atoms with van der Waals surface area (Å²) in [6.45, 7) is 1.94. The number of hydrogen-bond donors (Lipinski definition) is 2. The minimum absolute atomic E-state index is 0.260. The van der Waals surface area contributed by atoms with Crippen LogP contribution in [0.15, 0.2) is 12.4 Å². The first-order valence-corrected chi connectivity index (χ1v) is 4.39. The van der Waals surface area contributed by atoms with Crippen molar-refractivity contribution < 1.29 is 9.53 Å². The molecule has 1 fully saturated rings. The van der Waals surface area contributed by atoms with E-state index >= 15 is 0 Å². The van der Waals surface area contributed by atoms with Crippen molar-refractivity contribution in [1.82, 2.24) is 15.1 Å². The smallest absolute Gasteiger partial charge is 0.251 e. The minimum atomic E-state index is -0.452. The summed E-state index contributed by atoms with van der Waals surface area (Å²) in [5, 5.41) is 7.17. The minimum Gasteiger partial charge on any atom is -0.366 e. The highest BCUT2D eigenvalue weighted by atomic mass is 16.5. The Morgan fingerprint density at radius 1 is 1.86 bits per heavy atom. The molecular formula is C8H12N4O2. The highest BCUT2D eigenvalue weighted by molar-refractivity contribution is 5.92. The molecule has 3 N–H and O–H groups in total. The molecule has 2 rings (SSSR count). The number of amides is 1. The summed E-state index contributed by atoms with van der Waals surface area (Å²) in [5.41, 5.74) is 5.54. The third-order valence-electron chi connectivity index (χ3n) is 2.12. The fraction of sp³-hybridized carbons (Fsp3) is 0.500. The standard InChI is InChI=1S/C8H12N4O2/c9-8(13)6-1-11-12(2-6)3-7-4-14-5-10-7/h1-2,7,10H,3-5H2,(H2,9,13). The summed E-state index contributed by atoms with van der Waals surface area (Å²) in [6.07, 6.45) is 3.11. The Labute approximate surface area is 81.0 Å². The van der Waals surface area contributed by atoms with Gasteiger partial charge in [0.25, 0.3) is 5.91 Å². The average Bonchev–Trinajstić information content (AvgIpc) is 2.75. The van der Waals surface area contributed by atoms with Crippen LogP contribution in [-0.2, 0) is 11.3 Å². The maximum Gasteiger partial charge on any atom is 0.251 e. The molecule has 1 amide bonds. The van der Waals surface area contributed by atoms with Crippen molar-refractivity contribution >= 4 is 5.91 Å². The van der Waals surface area contributed by atoms with E-state index in [1.165, 1.54) is 6.20 Å². The molecule has 6 nitrogen and oxygen atoms in total. The molecule has 0 bridgehead atoms. The molecule has 1 unspecified atom stereocenters. The third kappa shape index (κ3) is 1.91. The van der Waals surface area contributed by atoms with Crippen molar-refractivity contribution in [3.05, 3.63) is 18.0 Å². The molecule has 6 heteroatoms. The van der Waals surface area contributed by atoms with Gasteiger partial charge in [0, 0.05) is 6.20 Å². The van der Waals surface area contributed by atoms with Crippen molar-refractivity contribution in [3.63, 3.8) is 0 Å². The quantitative estimate of drug-likeness (QED) is 0.644. The van der Waals surface area contributed by atoms with Crippen LogP contribution in [0.5, 0.6) is 0 Å². The Balaban J connectivity index is 1.98. The predicted molar refractivity (Wildman–Crippen MR) is 48.5 cm³/mol. The molecule has 0 aliphatic carbocycles. The molecule has 2 heterocycles. The predicted octanol–water partition coefficient (Wildman–Crippen LogP) is -1.07. The van der Waals surface area contributed by atoms with E-state index in [2.05, 4.69) is 10.4 Å². The van der Waals surface area contributed by atoms with Crippen LogP contribution in [0.4, 0.5) is 0 Å². The molecule has 0 saturated carbocycles. The largest absolute Gasteiger partial charge is 0.366 e. The number of aromatic nitrogens is 2. The van der Waals surface area contributed by atoms with Gasteiger partial charge in [-0.1, -0.05) is 0 Å². The van der Waals surface area contributed by atoms with Crippen LogP contribution in [0, 0.1) is 0 Å². The number of nitrogens with zero attached hydrogens (tertiary/aromatic N) is 2. The highest BCUT2D eigenvalue weighted by Crippen LogP contribution is 2.01. The van der Waals surface area contributed by atoms with Crippen molar-refractivity contribution in [1.29, 1.82) is 0 Å². The first-order valence-electron chi connectivity index (χ1n) is 4.39. The van der Waals surface area contributed by atoms with Crippen LogP contribution in [0.25, 0.3) is 0 Å². The first kappa shape index (κ1) is 9.17. The normalized spacial score (nSPS) is 21.3. The maximum atomic E-state index is 10.8. The van der Waals surface area contributed by atoms with Gasteiger partial charge in [-0.05, 0) is 0 Å². The Bertz CT molecular complexity index is 330. The van der Waals surface area contributed by atoms with Gasteiger partial charge >= 0.3 is 0 Å². The number of rotatable bonds is 3. The van der Waals surface area contributed by atoms with E-state index in [0.29, 0.717) is 25.4 Å². The lowest BCUT2D eigenvalue weighted by molar-refractivity contribution is 0.1000. The summed E-state index contributed by atoms with van der Waals surface area (Å²) >= 11 is 0. The van der Waals surface area contributed by atoms with Crippen LogP contribution >= 0.6 is 0 Å². The van der Waals surface area contributed by atoms with Crippen LogP contribution < -0.4 is 11.1 Å². The van der Waals surface area contributed by atoms with Gasteiger partial charge in [-0.2, -0.15) is 5.10 Å². The van der Waals surface area contributed by atoms with E-state index in [0.717, 1.165) is 0 Å². The van der Waals surface area contributed by atoms with Gasteiger partial charge in [0.2, 0.25) is 0 Å². The second-order valence-corrected chi connectivity index (χ2v) is 3.23. The zero-order valence-electron chi connectivity index (χ0n) is 7.64. The van der Waals surface area contributed by atoms with Gasteiger partial charge in [0.1, 0.15) is 0 Å². The third-order valence-corrected chi connectivity index (χ3v) is 2.12. The van der Waals surface area contributed by atoms with E-state index in [-0.39, 0.29) is 6.04 Å². The SMILES string of the molecule is NC(=O)c1cnn(CC2COCN2)c1. The molecule has 1 atom stereocenters. The topological polar surface area (TPSA) is 82.2 Å². The van der Waals surface area contributed by atoms with Gasteiger partial charge in [0.15, 0.2) is 0 Å². The number of ether oxygens (including phenoxy) is 1. The highest BCUT2D eigenvalue weighted by Gasteiger charge is 2.15. The lowest BCUT2D eigenvalue weighted by Gasteiger charge is -2.07. The van der Waals surface area contributed by atoms with Crippen LogP contribution in [0.1, 0.15) is 10.4 Å². The molecular weight excluding hydrogens is 184 g/mol. The number of carbonyl (C=O) groups excluding carboxylic acids is 1. The van der Waals surface area contributed by atoms with Crippen molar-refractivity contribution in [2.24, 2.45) is 5.73 Å². The van der Waals surface area contributed by atoms with E-state index in [1.807, 2.05) is 0 Å². The molecule has 0 radical (unpaired) electrons. The Morgan fingerprint density at radius 2 is 2.71 bits per heavy atom. The molecule has 1 aliphatic heterocycles. The second kappa shape index (κ2) is 3.77. The molecule has 1 aromatic heterocycles. The Morgan fingerprint density at radius 3 is 3.29 bits per heavy atom. The molecule has 0 spiro atoms. The fourth-order valence-corrected chi connectivity index (χ4v) is 1.37. The zero-order valence-corrected chi connectivity index (χ0v) is 7.64. The first-order chi connectivity index (χ1) is 6.75. The Kier molecular flexibility index (Phi) is 2.47. The molecule has 76 valence electrons. The molecule has 0 aromatic carbocycles. The lowest BCUT2D eigenvalue weighted by atomic mass is 10.3. The second-order valence-electron chi connectivity index (χ2n) is 3.23. The van der Waals surface area contributed by atoms with Gasteiger partial charge in [-0.15, -0.1) is 0 Å². The van der Waals surface area contributed by atoms with E-state index in [4.69, 9.17) is 10.5 Å². The lowest BCUT2D eigenvalue weighted by Crippen LogP contribution is -2.29. The summed E-state index contributed by atoms with van der Waals surface area (Å²) in [5.74, 6) is -0.452. The summed E-state index contributed by atoms with van der Waals surface area (Å²) in [4.78, 5) is 10.8. The van der Waals surface area contributed by atoms with E-state index < -0.39 is 5.91 Å². The number of hydrogen-bond acceptors (Lipinski definition) is 4. The molecule has 1 saturated heterocycles. The summed E-state index contributed by atoms with van der Waals surface area (Å²) in [6, 6.07) is 0.260. The number of primary amides is 1. The van der Waals surface area contributed by atoms with Crippen molar-refractivity contribution in [2.75, 3.05) is 13.3 Å². The van der Waals surface area contributed by atoms with Gasteiger partial charge < -0.3 is 10.5 Å². The van der Waals surface area contributed by atoms with Crippen LogP contribution in [-0.4, -0.2) is 35.1 Å². The van der Waals surface area contributed by atoms with Gasteiger partial charge in [-0.25, -0.2) is 0 Å². The summed E-state index contributed by atoms with van der Waals surface area (Å²) in [7, 11) is 0. The summed E-state index contributed by atoms with van der Waals surface area (Å²) < 4.78 is 6.83. The van der Waals surface area contributed by atoms with Crippen molar-refractivity contribution in [3.8, 4) is 0 Å². The average molecular weight is 196 g/mol. The van der Waals surface area contributed by atoms with Gasteiger partial charge in [-0.3, -0.25) is 14.8 Å². The zero-order chi connectivity index (χ0) is 9.97. The van der Waals surface area contributed by atoms with Crippen LogP contribution in [0.2, 0.25) is 0 Å². The van der Waals surface area contributed by atoms with Crippen LogP contribution in [0.3, 0.4) is 0 Å². The number of carbonyl (C=O) groups is 1. The molecule has 1 aromatic rings. The number of nitrogens with one attached hydrogen (secondary N) is 1. The maximum absolute atomic E-state index is 10.8. The van der Waals surface area contributed by atoms with Crippen molar-refractivity contribution in [2.45, 2.75) is 12.6 Å². The molecule has 14 heavy (non-hydrogen) atoms. The monoisotopic (exact) mass is 196 g/mol. The van der Waals surface area contributed by atoms with E-state index in [9.17, 15) is 4.79 Å². The van der Waals surface area contributed by atoms with Gasteiger partial charge in [0.05, 0.1) is 37.7 Å². The van der Waals surface area contributed by atoms with E-state index in [1.54, 1.807) is 10.9 Å². The Hall–Kier alpha value is -1.40. The fourth-order valence-electron chi connectivity index (χ4n) is 1.37. The molecule has 1 aliphatic rings. The number of nitrogens with two attached hydrogens (primary N) is 1.